The number of unbranched alkanes of at least 4 members (excludes halogenated alkanes) is 1. The number of aryl methyl sites for hydroxylation is 1. The van der Waals surface area contributed by atoms with Gasteiger partial charge in [-0.2, -0.15) is 0 Å². The number of ether oxygens (including phenoxy) is 1. The number of carbonyl (C=O) groups excluding carboxylic acids is 2. The van der Waals surface area contributed by atoms with Crippen LogP contribution in [0.2, 0.25) is 0 Å². The molecular weight excluding hydrogens is 376 g/mol. The monoisotopic (exact) mass is 402 g/mol. The second-order valence-electron chi connectivity index (χ2n) is 7.59. The Morgan fingerprint density at radius 3 is 2.70 bits per heavy atom. The smallest absolute Gasteiger partial charge is 0.262 e. The average molecular weight is 402 g/mol. The molecule has 4 rings (SSSR count). The van der Waals surface area contributed by atoms with Gasteiger partial charge in [0.25, 0.3) is 5.91 Å². The summed E-state index contributed by atoms with van der Waals surface area (Å²) in [4.78, 5) is 26.5. The quantitative estimate of drug-likeness (QED) is 0.609. The molecule has 0 radical (unpaired) electrons. The first-order chi connectivity index (χ1) is 14.6. The highest BCUT2D eigenvalue weighted by molar-refractivity contribution is 5.98. The van der Waals surface area contributed by atoms with Crippen LogP contribution in [0.3, 0.4) is 0 Å². The third kappa shape index (κ3) is 4.46. The lowest BCUT2D eigenvalue weighted by molar-refractivity contribution is -0.119. The van der Waals surface area contributed by atoms with Crippen LogP contribution < -0.4 is 15.0 Å². The summed E-state index contributed by atoms with van der Waals surface area (Å²) in [6.45, 7) is 2.80. The molecule has 5 heteroatoms. The third-order valence-corrected chi connectivity index (χ3v) is 5.39. The second kappa shape index (κ2) is 8.99. The summed E-state index contributed by atoms with van der Waals surface area (Å²) in [6.07, 6.45) is 3.24. The summed E-state index contributed by atoms with van der Waals surface area (Å²) < 4.78 is 5.67. The molecule has 0 aliphatic carbocycles. The highest BCUT2D eigenvalue weighted by Crippen LogP contribution is 2.30. The predicted octanol–water partition coefficient (Wildman–Crippen LogP) is 4.94. The molecule has 30 heavy (non-hydrogen) atoms. The third-order valence-electron chi connectivity index (χ3n) is 5.39. The lowest BCUT2D eigenvalue weighted by Crippen LogP contribution is -2.35. The first kappa shape index (κ1) is 20.0. The molecule has 0 spiro atoms. The Morgan fingerprint density at radius 1 is 1.03 bits per heavy atom. The van der Waals surface area contributed by atoms with E-state index in [2.05, 4.69) is 12.2 Å². The van der Waals surface area contributed by atoms with E-state index in [-0.39, 0.29) is 18.4 Å². The van der Waals surface area contributed by atoms with Gasteiger partial charge in [0.05, 0.1) is 0 Å². The average Bonchev–Trinajstić information content (AvgIpc) is 2.77. The van der Waals surface area contributed by atoms with Crippen LogP contribution in [-0.4, -0.2) is 25.0 Å². The minimum Gasteiger partial charge on any atom is -0.484 e. The van der Waals surface area contributed by atoms with Gasteiger partial charge in [0.1, 0.15) is 5.75 Å². The van der Waals surface area contributed by atoms with E-state index in [1.807, 2.05) is 65.6 Å². The van der Waals surface area contributed by atoms with Gasteiger partial charge < -0.3 is 15.0 Å². The Kier molecular flexibility index (Phi) is 5.98. The Labute approximate surface area is 176 Å². The van der Waals surface area contributed by atoms with Crippen molar-refractivity contribution in [3.63, 3.8) is 0 Å². The Morgan fingerprint density at radius 2 is 1.87 bits per heavy atom. The molecule has 0 saturated heterocycles. The van der Waals surface area contributed by atoms with Crippen LogP contribution in [-0.2, 0) is 16.0 Å². The zero-order valence-electron chi connectivity index (χ0n) is 17.2. The molecule has 0 fully saturated rings. The van der Waals surface area contributed by atoms with Crippen LogP contribution >= 0.6 is 0 Å². The normalized spacial score (nSPS) is 13.2. The topological polar surface area (TPSA) is 58.6 Å². The van der Waals surface area contributed by atoms with E-state index >= 15 is 0 Å². The highest BCUT2D eigenvalue weighted by Gasteiger charge is 2.23. The van der Waals surface area contributed by atoms with Gasteiger partial charge >= 0.3 is 0 Å². The van der Waals surface area contributed by atoms with Gasteiger partial charge in [-0.05, 0) is 59.5 Å². The van der Waals surface area contributed by atoms with Crippen LogP contribution in [0.1, 0.15) is 31.7 Å². The first-order valence-corrected chi connectivity index (χ1v) is 10.5. The molecule has 3 aromatic rings. The molecule has 5 nitrogen and oxygen atoms in total. The molecule has 0 atom stereocenters. The fourth-order valence-electron chi connectivity index (χ4n) is 3.80. The van der Waals surface area contributed by atoms with E-state index in [0.717, 1.165) is 47.1 Å². The second-order valence-corrected chi connectivity index (χ2v) is 7.59. The van der Waals surface area contributed by atoms with Gasteiger partial charge in [-0.1, -0.05) is 43.7 Å². The molecular formula is C25H26N2O3. The number of carbonyl (C=O) groups is 2. The fourth-order valence-corrected chi connectivity index (χ4v) is 3.80. The lowest BCUT2D eigenvalue weighted by atomic mass is 10.00. The standard InChI is InChI=1S/C25H26N2O3/c1-2-3-14-27-23-12-10-21(15-20(23)9-13-25(27)29)26-24(28)17-30-22-11-8-18-6-4-5-7-19(18)16-22/h4-8,10-12,15-16H,2-3,9,13-14,17H2,1H3,(H,26,28). The summed E-state index contributed by atoms with van der Waals surface area (Å²) in [7, 11) is 0. The van der Waals surface area contributed by atoms with Crippen molar-refractivity contribution in [2.75, 3.05) is 23.4 Å². The van der Waals surface area contributed by atoms with Gasteiger partial charge in [0, 0.05) is 24.3 Å². The summed E-state index contributed by atoms with van der Waals surface area (Å²) >= 11 is 0. The van der Waals surface area contributed by atoms with E-state index in [1.54, 1.807) is 0 Å². The van der Waals surface area contributed by atoms with Crippen molar-refractivity contribution >= 4 is 34.0 Å². The van der Waals surface area contributed by atoms with Crippen molar-refractivity contribution in [1.29, 1.82) is 0 Å². The molecule has 0 bridgehead atoms. The molecule has 1 aliphatic rings. The summed E-state index contributed by atoms with van der Waals surface area (Å²) in [5, 5.41) is 5.11. The number of fused-ring (bicyclic) bond motifs is 2. The van der Waals surface area contributed by atoms with Gasteiger partial charge in [-0.15, -0.1) is 0 Å². The zero-order chi connectivity index (χ0) is 20.9. The fraction of sp³-hybridized carbons (Fsp3) is 0.280. The molecule has 1 aliphatic heterocycles. The molecule has 1 N–H and O–H groups in total. The molecule has 3 aromatic carbocycles. The van der Waals surface area contributed by atoms with Crippen molar-refractivity contribution in [1.82, 2.24) is 0 Å². The first-order valence-electron chi connectivity index (χ1n) is 10.5. The SMILES string of the molecule is CCCCN1C(=O)CCc2cc(NC(=O)COc3ccc4ccccc4c3)ccc21. The summed E-state index contributed by atoms with van der Waals surface area (Å²) in [6, 6.07) is 19.6. The number of rotatable bonds is 7. The van der Waals surface area contributed by atoms with Crippen LogP contribution in [0, 0.1) is 0 Å². The van der Waals surface area contributed by atoms with Crippen molar-refractivity contribution in [2.45, 2.75) is 32.6 Å². The highest BCUT2D eigenvalue weighted by atomic mass is 16.5. The number of amides is 2. The zero-order valence-corrected chi connectivity index (χ0v) is 17.2. The summed E-state index contributed by atoms with van der Waals surface area (Å²) in [5.41, 5.74) is 2.79. The van der Waals surface area contributed by atoms with Crippen molar-refractivity contribution < 1.29 is 14.3 Å². The Bertz CT molecular complexity index is 1080. The van der Waals surface area contributed by atoms with E-state index < -0.39 is 0 Å². The molecule has 154 valence electrons. The van der Waals surface area contributed by atoms with Crippen LogP contribution in [0.4, 0.5) is 11.4 Å². The van der Waals surface area contributed by atoms with E-state index in [4.69, 9.17) is 4.74 Å². The lowest BCUT2D eigenvalue weighted by Gasteiger charge is -2.29. The molecule has 0 saturated carbocycles. The molecule has 1 heterocycles. The number of hydrogen-bond acceptors (Lipinski definition) is 3. The van der Waals surface area contributed by atoms with Crippen molar-refractivity contribution in [3.05, 3.63) is 66.2 Å². The molecule has 0 aromatic heterocycles. The van der Waals surface area contributed by atoms with Gasteiger partial charge in [-0.25, -0.2) is 0 Å². The number of benzene rings is 3. The summed E-state index contributed by atoms with van der Waals surface area (Å²) in [5.74, 6) is 0.633. The predicted molar refractivity (Wildman–Crippen MR) is 120 cm³/mol. The molecule has 2 amide bonds. The minimum atomic E-state index is -0.210. The maximum absolute atomic E-state index is 12.4. The minimum absolute atomic E-state index is 0.0590. The molecule has 0 unspecified atom stereocenters. The number of hydrogen-bond donors (Lipinski definition) is 1. The largest absolute Gasteiger partial charge is 0.484 e. The maximum Gasteiger partial charge on any atom is 0.262 e. The van der Waals surface area contributed by atoms with Gasteiger partial charge in [0.15, 0.2) is 6.61 Å². The number of nitrogens with zero attached hydrogens (tertiary/aromatic N) is 1. The van der Waals surface area contributed by atoms with E-state index in [1.165, 1.54) is 0 Å². The number of nitrogens with one attached hydrogen (secondary N) is 1. The van der Waals surface area contributed by atoms with E-state index in [0.29, 0.717) is 18.6 Å². The van der Waals surface area contributed by atoms with Crippen LogP contribution in [0.25, 0.3) is 10.8 Å². The maximum atomic E-state index is 12.4. The van der Waals surface area contributed by atoms with Gasteiger partial charge in [-0.3, -0.25) is 9.59 Å². The number of anilines is 2. The van der Waals surface area contributed by atoms with Crippen LogP contribution in [0.15, 0.2) is 60.7 Å². The van der Waals surface area contributed by atoms with Crippen molar-refractivity contribution in [2.24, 2.45) is 0 Å². The Balaban J connectivity index is 1.39. The van der Waals surface area contributed by atoms with Crippen LogP contribution in [0.5, 0.6) is 5.75 Å². The van der Waals surface area contributed by atoms with Crippen molar-refractivity contribution in [3.8, 4) is 5.75 Å². The Hall–Kier alpha value is -3.34. The van der Waals surface area contributed by atoms with E-state index in [9.17, 15) is 9.59 Å². The van der Waals surface area contributed by atoms with Gasteiger partial charge in [0.2, 0.25) is 5.91 Å².